The minimum absolute atomic E-state index is 0.0510. The van der Waals surface area contributed by atoms with Gasteiger partial charge in [-0.15, -0.1) is 0 Å². The number of rotatable bonds is 5. The van der Waals surface area contributed by atoms with Gasteiger partial charge in [-0.2, -0.15) is 0 Å². The van der Waals surface area contributed by atoms with Crippen molar-refractivity contribution >= 4 is 23.2 Å². The summed E-state index contributed by atoms with van der Waals surface area (Å²) in [6.07, 6.45) is 0.0510. The maximum absolute atomic E-state index is 12.0. The molecule has 1 N–H and O–H groups in total. The van der Waals surface area contributed by atoms with Crippen LogP contribution in [0.2, 0.25) is 0 Å². The molecule has 1 heterocycles. The summed E-state index contributed by atoms with van der Waals surface area (Å²) in [7, 11) is 0. The third kappa shape index (κ3) is 5.34. The average molecular weight is 333 g/mol. The fourth-order valence-electron chi connectivity index (χ4n) is 2.37. The fourth-order valence-corrected chi connectivity index (χ4v) is 2.37. The van der Waals surface area contributed by atoms with E-state index in [9.17, 15) is 9.59 Å². The van der Waals surface area contributed by atoms with Crippen LogP contribution >= 0.6 is 0 Å². The van der Waals surface area contributed by atoms with Gasteiger partial charge in [-0.25, -0.2) is 0 Å². The number of amides is 2. The van der Waals surface area contributed by atoms with Crippen LogP contribution in [0, 0.1) is 0 Å². The first-order chi connectivity index (χ1) is 11.5. The molecule has 0 aliphatic carbocycles. The SMILES string of the molecule is CC(=O)Nc1ccc(/C(C)=N\OCC(=O)N2CCOC(C)C2)cc1. The highest BCUT2D eigenvalue weighted by Gasteiger charge is 2.21. The van der Waals surface area contributed by atoms with Crippen molar-refractivity contribution in [2.45, 2.75) is 26.9 Å². The molecule has 0 saturated carbocycles. The second kappa shape index (κ2) is 8.44. The molecule has 1 fully saturated rings. The molecule has 1 aliphatic heterocycles. The lowest BCUT2D eigenvalue weighted by Gasteiger charge is -2.30. The number of nitrogens with one attached hydrogen (secondary N) is 1. The Bertz CT molecular complexity index is 613. The normalized spacial score (nSPS) is 18.2. The highest BCUT2D eigenvalue weighted by atomic mass is 16.6. The Morgan fingerprint density at radius 1 is 1.33 bits per heavy atom. The van der Waals surface area contributed by atoms with Crippen molar-refractivity contribution in [3.05, 3.63) is 29.8 Å². The minimum atomic E-state index is -0.118. The topological polar surface area (TPSA) is 80.2 Å². The fraction of sp³-hybridized carbons (Fsp3) is 0.471. The van der Waals surface area contributed by atoms with Crippen molar-refractivity contribution in [1.29, 1.82) is 0 Å². The zero-order valence-corrected chi connectivity index (χ0v) is 14.2. The Balaban J connectivity index is 1.84. The average Bonchev–Trinajstić information content (AvgIpc) is 2.54. The molecule has 2 amide bonds. The number of hydrogen-bond donors (Lipinski definition) is 1. The zero-order chi connectivity index (χ0) is 17.5. The predicted molar refractivity (Wildman–Crippen MR) is 90.9 cm³/mol. The number of anilines is 1. The van der Waals surface area contributed by atoms with Crippen LogP contribution in [0.25, 0.3) is 0 Å². The Labute approximate surface area is 141 Å². The molecule has 130 valence electrons. The van der Waals surface area contributed by atoms with E-state index in [0.29, 0.717) is 25.4 Å². The zero-order valence-electron chi connectivity index (χ0n) is 14.2. The summed E-state index contributed by atoms with van der Waals surface area (Å²) in [5.41, 5.74) is 2.24. The Hall–Kier alpha value is -2.41. The smallest absolute Gasteiger partial charge is 0.263 e. The maximum atomic E-state index is 12.0. The van der Waals surface area contributed by atoms with Crippen LogP contribution in [0.15, 0.2) is 29.4 Å². The van der Waals surface area contributed by atoms with E-state index in [1.165, 1.54) is 6.92 Å². The van der Waals surface area contributed by atoms with Gasteiger partial charge in [0.25, 0.3) is 5.91 Å². The standard InChI is InChI=1S/C17H23N3O4/c1-12-10-20(8-9-23-12)17(22)11-24-19-13(2)15-4-6-16(7-5-15)18-14(3)21/h4-7,12H,8-11H2,1-3H3,(H,18,21)/b19-13-. The Morgan fingerprint density at radius 3 is 2.67 bits per heavy atom. The molecule has 1 aromatic carbocycles. The molecule has 0 bridgehead atoms. The van der Waals surface area contributed by atoms with E-state index in [1.54, 1.807) is 24.0 Å². The first kappa shape index (κ1) is 17.9. The highest BCUT2D eigenvalue weighted by Crippen LogP contribution is 2.11. The van der Waals surface area contributed by atoms with E-state index >= 15 is 0 Å². The van der Waals surface area contributed by atoms with Crippen molar-refractivity contribution in [2.24, 2.45) is 5.16 Å². The Morgan fingerprint density at radius 2 is 2.04 bits per heavy atom. The van der Waals surface area contributed by atoms with Crippen LogP contribution in [-0.4, -0.2) is 54.8 Å². The first-order valence-corrected chi connectivity index (χ1v) is 7.89. The van der Waals surface area contributed by atoms with Crippen molar-refractivity contribution in [1.82, 2.24) is 4.90 Å². The molecule has 24 heavy (non-hydrogen) atoms. The molecule has 1 unspecified atom stereocenters. The van der Waals surface area contributed by atoms with Crippen molar-refractivity contribution in [2.75, 3.05) is 31.6 Å². The van der Waals surface area contributed by atoms with Crippen LogP contribution in [0.3, 0.4) is 0 Å². The summed E-state index contributed by atoms with van der Waals surface area (Å²) in [5, 5.41) is 6.69. The molecule has 1 aromatic rings. The van der Waals surface area contributed by atoms with Crippen molar-refractivity contribution in [3.63, 3.8) is 0 Å². The van der Waals surface area contributed by atoms with Crippen LogP contribution in [-0.2, 0) is 19.2 Å². The quantitative estimate of drug-likeness (QED) is 0.656. The molecular weight excluding hydrogens is 310 g/mol. The number of ether oxygens (including phenoxy) is 1. The van der Waals surface area contributed by atoms with E-state index in [4.69, 9.17) is 9.57 Å². The van der Waals surface area contributed by atoms with E-state index in [1.807, 2.05) is 19.1 Å². The number of hydrogen-bond acceptors (Lipinski definition) is 5. The second-order valence-corrected chi connectivity index (χ2v) is 5.73. The molecular formula is C17H23N3O4. The maximum Gasteiger partial charge on any atom is 0.263 e. The van der Waals surface area contributed by atoms with E-state index in [0.717, 1.165) is 11.3 Å². The molecule has 0 aromatic heterocycles. The molecule has 7 heteroatoms. The van der Waals surface area contributed by atoms with Crippen LogP contribution in [0.5, 0.6) is 0 Å². The minimum Gasteiger partial charge on any atom is -0.385 e. The molecule has 1 atom stereocenters. The van der Waals surface area contributed by atoms with Gasteiger partial charge in [-0.3, -0.25) is 9.59 Å². The highest BCUT2D eigenvalue weighted by molar-refractivity contribution is 5.99. The number of morpholine rings is 1. The summed E-state index contributed by atoms with van der Waals surface area (Å²) in [4.78, 5) is 29.9. The molecule has 0 radical (unpaired) electrons. The molecule has 0 spiro atoms. The van der Waals surface area contributed by atoms with Crippen LogP contribution in [0.4, 0.5) is 5.69 Å². The summed E-state index contributed by atoms with van der Waals surface area (Å²) in [5.74, 6) is -0.213. The van der Waals surface area contributed by atoms with E-state index in [2.05, 4.69) is 10.5 Å². The summed E-state index contributed by atoms with van der Waals surface area (Å²) in [6, 6.07) is 7.24. The predicted octanol–water partition coefficient (Wildman–Crippen LogP) is 1.63. The van der Waals surface area contributed by atoms with Gasteiger partial charge >= 0.3 is 0 Å². The molecule has 1 saturated heterocycles. The number of oxime groups is 1. The molecule has 1 aliphatic rings. The number of benzene rings is 1. The molecule has 7 nitrogen and oxygen atoms in total. The lowest BCUT2D eigenvalue weighted by atomic mass is 10.1. The van der Waals surface area contributed by atoms with Gasteiger partial charge < -0.3 is 19.8 Å². The van der Waals surface area contributed by atoms with Gasteiger partial charge in [0.05, 0.1) is 18.4 Å². The van der Waals surface area contributed by atoms with Crippen LogP contribution < -0.4 is 5.32 Å². The monoisotopic (exact) mass is 333 g/mol. The van der Waals surface area contributed by atoms with Gasteiger partial charge in [0, 0.05) is 25.7 Å². The summed E-state index contributed by atoms with van der Waals surface area (Å²) < 4.78 is 5.40. The second-order valence-electron chi connectivity index (χ2n) is 5.73. The number of nitrogens with zero attached hydrogens (tertiary/aromatic N) is 2. The summed E-state index contributed by atoms with van der Waals surface area (Å²) in [6.45, 7) is 6.82. The van der Waals surface area contributed by atoms with E-state index < -0.39 is 0 Å². The number of carbonyl (C=O) groups excluding carboxylic acids is 2. The lowest BCUT2D eigenvalue weighted by molar-refractivity contribution is -0.142. The number of carbonyl (C=O) groups is 2. The summed E-state index contributed by atoms with van der Waals surface area (Å²) >= 11 is 0. The largest absolute Gasteiger partial charge is 0.385 e. The van der Waals surface area contributed by atoms with Crippen LogP contribution in [0.1, 0.15) is 26.3 Å². The van der Waals surface area contributed by atoms with Crippen molar-refractivity contribution < 1.29 is 19.2 Å². The third-order valence-corrected chi connectivity index (χ3v) is 3.61. The van der Waals surface area contributed by atoms with E-state index in [-0.39, 0.29) is 24.5 Å². The lowest BCUT2D eigenvalue weighted by Crippen LogP contribution is -2.45. The van der Waals surface area contributed by atoms with Gasteiger partial charge in [-0.05, 0) is 31.5 Å². The van der Waals surface area contributed by atoms with Gasteiger partial charge in [0.2, 0.25) is 5.91 Å². The first-order valence-electron chi connectivity index (χ1n) is 7.89. The molecule has 2 rings (SSSR count). The Kier molecular flexibility index (Phi) is 6.31. The van der Waals surface area contributed by atoms with Gasteiger partial charge in [-0.1, -0.05) is 17.3 Å². The third-order valence-electron chi connectivity index (χ3n) is 3.61. The van der Waals surface area contributed by atoms with Gasteiger partial charge in [0.15, 0.2) is 6.61 Å². The van der Waals surface area contributed by atoms with Crippen molar-refractivity contribution in [3.8, 4) is 0 Å². The van der Waals surface area contributed by atoms with Gasteiger partial charge in [0.1, 0.15) is 0 Å².